The minimum atomic E-state index is -0.416. The predicted molar refractivity (Wildman–Crippen MR) is 64.8 cm³/mol. The molecule has 1 aliphatic heterocycles. The molecule has 0 aromatic heterocycles. The molecule has 0 radical (unpaired) electrons. The molecule has 0 aliphatic carbocycles. The van der Waals surface area contributed by atoms with Crippen LogP contribution in [0.1, 0.15) is 19.8 Å². The van der Waals surface area contributed by atoms with E-state index in [4.69, 9.17) is 4.74 Å². The molecule has 1 saturated heterocycles. The quantitative estimate of drug-likeness (QED) is 0.490. The van der Waals surface area contributed by atoms with Crippen LogP contribution in [0.4, 0.5) is 0 Å². The number of ether oxygens (including phenoxy) is 1. The Morgan fingerprint density at radius 2 is 2.12 bits per heavy atom. The number of likely N-dealkylation sites (tertiary alicyclic amines) is 1. The normalized spacial score (nSPS) is 20.8. The smallest absolute Gasteiger partial charge is 0.313 e. The van der Waals surface area contributed by atoms with Crippen molar-refractivity contribution in [3.8, 4) is 0 Å². The number of nitrogens with zero attached hydrogens (tertiary/aromatic N) is 2. The molecule has 1 rings (SSSR count). The summed E-state index contributed by atoms with van der Waals surface area (Å²) in [6, 6.07) is 0.519. The summed E-state index contributed by atoms with van der Waals surface area (Å²) in [7, 11) is 4.10. The molecule has 1 aliphatic rings. The van der Waals surface area contributed by atoms with Gasteiger partial charge in [-0.1, -0.05) is 0 Å². The van der Waals surface area contributed by atoms with Gasteiger partial charge >= 0.3 is 5.97 Å². The molecule has 0 saturated carbocycles. The highest BCUT2D eigenvalue weighted by Crippen LogP contribution is 2.12. The van der Waals surface area contributed by atoms with Crippen LogP contribution in [0, 0.1) is 0 Å². The van der Waals surface area contributed by atoms with Gasteiger partial charge < -0.3 is 9.64 Å². The zero-order valence-electron chi connectivity index (χ0n) is 10.9. The van der Waals surface area contributed by atoms with Crippen LogP contribution in [-0.4, -0.2) is 67.9 Å². The molecular formula is C12H22N2O3. The highest BCUT2D eigenvalue weighted by molar-refractivity contribution is 5.96. The third-order valence-electron chi connectivity index (χ3n) is 3.02. The van der Waals surface area contributed by atoms with Crippen LogP contribution >= 0.6 is 0 Å². The van der Waals surface area contributed by atoms with Crippen molar-refractivity contribution >= 4 is 11.8 Å². The highest BCUT2D eigenvalue weighted by Gasteiger charge is 2.25. The first-order valence-electron chi connectivity index (χ1n) is 6.09. The summed E-state index contributed by atoms with van der Waals surface area (Å²) >= 11 is 0. The fraction of sp³-hybridized carbons (Fsp3) is 0.833. The van der Waals surface area contributed by atoms with E-state index in [1.54, 1.807) is 6.92 Å². The van der Waals surface area contributed by atoms with Crippen molar-refractivity contribution in [3.05, 3.63) is 0 Å². The van der Waals surface area contributed by atoms with E-state index in [1.165, 1.54) is 0 Å². The summed E-state index contributed by atoms with van der Waals surface area (Å²) in [5, 5.41) is 0. The van der Waals surface area contributed by atoms with Crippen LogP contribution in [0.3, 0.4) is 0 Å². The van der Waals surface area contributed by atoms with Gasteiger partial charge in [-0.15, -0.1) is 0 Å². The number of Topliss-reactive ketones (excluding diaryl/α,β-unsaturated/α-hetero) is 1. The minimum Gasteiger partial charge on any atom is -0.466 e. The van der Waals surface area contributed by atoms with Gasteiger partial charge in [0.15, 0.2) is 5.78 Å². The molecule has 5 heteroatoms. The van der Waals surface area contributed by atoms with Gasteiger partial charge in [-0.05, 0) is 27.4 Å². The lowest BCUT2D eigenvalue weighted by Gasteiger charge is -2.19. The lowest BCUT2D eigenvalue weighted by molar-refractivity contribution is -0.145. The lowest BCUT2D eigenvalue weighted by Crippen LogP contribution is -2.34. The Morgan fingerprint density at radius 1 is 1.41 bits per heavy atom. The fourth-order valence-electron chi connectivity index (χ4n) is 2.06. The second-order valence-corrected chi connectivity index (χ2v) is 4.66. The van der Waals surface area contributed by atoms with Gasteiger partial charge in [-0.25, -0.2) is 0 Å². The van der Waals surface area contributed by atoms with Gasteiger partial charge in [0, 0.05) is 19.1 Å². The Bertz CT molecular complexity index is 279. The van der Waals surface area contributed by atoms with E-state index in [1.807, 2.05) is 0 Å². The lowest BCUT2D eigenvalue weighted by atomic mass is 10.2. The molecule has 17 heavy (non-hydrogen) atoms. The maximum absolute atomic E-state index is 11.6. The van der Waals surface area contributed by atoms with Crippen molar-refractivity contribution in [2.75, 3.05) is 40.3 Å². The van der Waals surface area contributed by atoms with E-state index in [-0.39, 0.29) is 12.2 Å². The van der Waals surface area contributed by atoms with Crippen molar-refractivity contribution in [3.63, 3.8) is 0 Å². The molecule has 0 N–H and O–H groups in total. The second-order valence-electron chi connectivity index (χ2n) is 4.66. The van der Waals surface area contributed by atoms with Crippen LogP contribution in [0.15, 0.2) is 0 Å². The van der Waals surface area contributed by atoms with E-state index in [0.29, 0.717) is 19.2 Å². The minimum absolute atomic E-state index is 0.0529. The molecule has 1 heterocycles. The summed E-state index contributed by atoms with van der Waals surface area (Å²) in [5.74, 6) is -0.469. The van der Waals surface area contributed by atoms with Crippen molar-refractivity contribution < 1.29 is 14.3 Å². The van der Waals surface area contributed by atoms with Gasteiger partial charge in [-0.3, -0.25) is 14.5 Å². The Hall–Kier alpha value is -0.940. The molecule has 0 spiro atoms. The van der Waals surface area contributed by atoms with Crippen molar-refractivity contribution in [2.45, 2.75) is 25.8 Å². The molecule has 1 unspecified atom stereocenters. The first-order chi connectivity index (χ1) is 8.02. The summed E-state index contributed by atoms with van der Waals surface area (Å²) in [6.07, 6.45) is 0.983. The highest BCUT2D eigenvalue weighted by atomic mass is 16.5. The number of esters is 1. The maximum atomic E-state index is 11.6. The standard InChI is InChI=1S/C12H22N2O3/c1-4-17-12(16)7-11(15)9-14-6-5-10(8-14)13(2)3/h10H,4-9H2,1-3H3. The molecule has 1 atom stereocenters. The van der Waals surface area contributed by atoms with Crippen molar-refractivity contribution in [2.24, 2.45) is 0 Å². The second kappa shape index (κ2) is 6.71. The summed E-state index contributed by atoms with van der Waals surface area (Å²) in [5.41, 5.74) is 0. The molecular weight excluding hydrogens is 220 g/mol. The average molecular weight is 242 g/mol. The first-order valence-corrected chi connectivity index (χ1v) is 6.09. The zero-order valence-corrected chi connectivity index (χ0v) is 10.9. The topological polar surface area (TPSA) is 49.9 Å². The van der Waals surface area contributed by atoms with Crippen LogP contribution in [0.5, 0.6) is 0 Å². The maximum Gasteiger partial charge on any atom is 0.313 e. The number of likely N-dealkylation sites (N-methyl/N-ethyl adjacent to an activating group) is 1. The molecule has 0 amide bonds. The Balaban J connectivity index is 2.26. The molecule has 5 nitrogen and oxygen atoms in total. The van der Waals surface area contributed by atoms with Gasteiger partial charge in [0.25, 0.3) is 0 Å². The Labute approximate surface area is 103 Å². The SMILES string of the molecule is CCOC(=O)CC(=O)CN1CCC(N(C)C)C1. The van der Waals surface area contributed by atoms with E-state index in [2.05, 4.69) is 23.9 Å². The third-order valence-corrected chi connectivity index (χ3v) is 3.02. The van der Waals surface area contributed by atoms with Gasteiger partial charge in [0.1, 0.15) is 6.42 Å². The number of hydrogen-bond donors (Lipinski definition) is 0. The van der Waals surface area contributed by atoms with Crippen molar-refractivity contribution in [1.29, 1.82) is 0 Å². The van der Waals surface area contributed by atoms with Crippen molar-refractivity contribution in [1.82, 2.24) is 9.80 Å². The Morgan fingerprint density at radius 3 is 2.65 bits per heavy atom. The number of hydrogen-bond acceptors (Lipinski definition) is 5. The van der Waals surface area contributed by atoms with Gasteiger partial charge in [0.2, 0.25) is 0 Å². The van der Waals surface area contributed by atoms with Gasteiger partial charge in [-0.2, -0.15) is 0 Å². The average Bonchev–Trinajstić information content (AvgIpc) is 2.66. The zero-order chi connectivity index (χ0) is 12.8. The van der Waals surface area contributed by atoms with Crippen LogP contribution < -0.4 is 0 Å². The summed E-state index contributed by atoms with van der Waals surface area (Å²) in [4.78, 5) is 27.0. The monoisotopic (exact) mass is 242 g/mol. The summed E-state index contributed by atoms with van der Waals surface area (Å²) in [6.45, 7) is 4.27. The third kappa shape index (κ3) is 4.83. The molecule has 0 bridgehead atoms. The number of ketones is 1. The fourth-order valence-corrected chi connectivity index (χ4v) is 2.06. The number of rotatable bonds is 6. The number of carbonyl (C=O) groups is 2. The van der Waals surface area contributed by atoms with E-state index in [0.717, 1.165) is 19.5 Å². The Kier molecular flexibility index (Phi) is 5.58. The number of carbonyl (C=O) groups excluding carboxylic acids is 2. The first kappa shape index (κ1) is 14.1. The van der Waals surface area contributed by atoms with Crippen LogP contribution in [-0.2, 0) is 14.3 Å². The van der Waals surface area contributed by atoms with Gasteiger partial charge in [0.05, 0.1) is 13.2 Å². The molecule has 0 aromatic rings. The predicted octanol–water partition coefficient (Wildman–Crippen LogP) is 0.145. The van der Waals surface area contributed by atoms with E-state index < -0.39 is 5.97 Å². The largest absolute Gasteiger partial charge is 0.466 e. The van der Waals surface area contributed by atoms with Crippen LogP contribution in [0.25, 0.3) is 0 Å². The molecule has 1 fully saturated rings. The summed E-state index contributed by atoms with van der Waals surface area (Å²) < 4.78 is 4.75. The molecule has 0 aromatic carbocycles. The van der Waals surface area contributed by atoms with Crippen LogP contribution in [0.2, 0.25) is 0 Å². The van der Waals surface area contributed by atoms with E-state index in [9.17, 15) is 9.59 Å². The molecule has 98 valence electrons. The van der Waals surface area contributed by atoms with E-state index >= 15 is 0 Å².